The highest BCUT2D eigenvalue weighted by Gasteiger charge is 2.26. The minimum Gasteiger partial charge on any atom is -0.353 e. The monoisotopic (exact) mass is 515 g/mol. The molecule has 1 aromatic carbocycles. The van der Waals surface area contributed by atoms with Crippen molar-refractivity contribution in [1.29, 1.82) is 0 Å². The largest absolute Gasteiger partial charge is 0.353 e. The van der Waals surface area contributed by atoms with Crippen molar-refractivity contribution in [2.45, 2.75) is 19.8 Å². The fourth-order valence-corrected chi connectivity index (χ4v) is 5.72. The van der Waals surface area contributed by atoms with Gasteiger partial charge in [-0.25, -0.2) is 4.98 Å². The lowest BCUT2D eigenvalue weighted by Crippen LogP contribution is -2.48. The molecule has 198 valence electrons. The number of anilines is 1. The van der Waals surface area contributed by atoms with E-state index >= 15 is 0 Å². The van der Waals surface area contributed by atoms with E-state index in [0.29, 0.717) is 49.4 Å². The molecule has 2 amide bonds. The van der Waals surface area contributed by atoms with Gasteiger partial charge in [0.2, 0.25) is 11.3 Å². The first-order valence-corrected chi connectivity index (χ1v) is 13.4. The van der Waals surface area contributed by atoms with Gasteiger partial charge >= 0.3 is 0 Å². The molecule has 4 aromatic rings. The molecule has 0 spiro atoms. The van der Waals surface area contributed by atoms with E-state index in [1.54, 1.807) is 24.9 Å². The first-order chi connectivity index (χ1) is 18.4. The van der Waals surface area contributed by atoms with Crippen LogP contribution in [0, 0.1) is 0 Å². The molecular formula is C28H33N7O3. The zero-order valence-electron chi connectivity index (χ0n) is 21.9. The van der Waals surface area contributed by atoms with Crippen LogP contribution in [0.1, 0.15) is 30.1 Å². The molecule has 2 aliphatic heterocycles. The maximum atomic E-state index is 13.8. The number of pyridine rings is 2. The van der Waals surface area contributed by atoms with E-state index in [1.165, 1.54) is 12.8 Å². The number of amides is 2. The molecule has 3 aromatic heterocycles. The molecule has 2 fully saturated rings. The zero-order chi connectivity index (χ0) is 26.4. The first kappa shape index (κ1) is 24.4. The average molecular weight is 516 g/mol. The summed E-state index contributed by atoms with van der Waals surface area (Å²) in [5, 5.41) is 0.412. The molecule has 0 bridgehead atoms. The predicted molar refractivity (Wildman–Crippen MR) is 148 cm³/mol. The van der Waals surface area contributed by atoms with Gasteiger partial charge in [-0.3, -0.25) is 18.8 Å². The molecule has 0 atom stereocenters. The molecular weight excluding hydrogens is 482 g/mol. The quantitative estimate of drug-likeness (QED) is 0.438. The van der Waals surface area contributed by atoms with Crippen LogP contribution in [-0.4, -0.2) is 100 Å². The molecule has 2 aliphatic rings. The van der Waals surface area contributed by atoms with Crippen molar-refractivity contribution in [3.8, 4) is 0 Å². The second kappa shape index (κ2) is 9.75. The first-order valence-electron chi connectivity index (χ1n) is 13.4. The number of likely N-dealkylation sites (N-methyl/N-ethyl adjacent to an activating group) is 1. The van der Waals surface area contributed by atoms with Crippen molar-refractivity contribution in [3.05, 3.63) is 52.2 Å². The number of nitrogens with zero attached hydrogens (tertiary/aromatic N) is 6. The molecule has 0 saturated carbocycles. The van der Waals surface area contributed by atoms with Crippen LogP contribution < -0.4 is 10.3 Å². The Hall–Kier alpha value is -3.92. The van der Waals surface area contributed by atoms with Gasteiger partial charge in [0.05, 0.1) is 16.4 Å². The molecule has 10 nitrogen and oxygen atoms in total. The van der Waals surface area contributed by atoms with Gasteiger partial charge in [-0.1, -0.05) is 12.1 Å². The number of carbonyl (C=O) groups excluding carboxylic acids is 2. The van der Waals surface area contributed by atoms with Gasteiger partial charge in [-0.2, -0.15) is 0 Å². The van der Waals surface area contributed by atoms with Gasteiger partial charge in [-0.15, -0.1) is 0 Å². The minimum absolute atomic E-state index is 0.0748. The number of hydrogen-bond donors (Lipinski definition) is 1. The summed E-state index contributed by atoms with van der Waals surface area (Å²) in [4.78, 5) is 55.6. The van der Waals surface area contributed by atoms with Crippen LogP contribution in [0.25, 0.3) is 27.7 Å². The smallest absolute Gasteiger partial charge is 0.261 e. The number of rotatable bonds is 5. The van der Waals surface area contributed by atoms with Crippen molar-refractivity contribution < 1.29 is 9.59 Å². The summed E-state index contributed by atoms with van der Waals surface area (Å²) in [6, 6.07) is 11.4. The van der Waals surface area contributed by atoms with Crippen LogP contribution in [0.15, 0.2) is 41.2 Å². The number of hydrogen-bond acceptors (Lipinski definition) is 6. The Morgan fingerprint density at radius 1 is 1.00 bits per heavy atom. The van der Waals surface area contributed by atoms with Gasteiger partial charge < -0.3 is 24.6 Å². The lowest BCUT2D eigenvalue weighted by molar-refractivity contribution is -0.129. The van der Waals surface area contributed by atoms with Crippen molar-refractivity contribution >= 4 is 45.3 Å². The molecule has 6 rings (SSSR count). The summed E-state index contributed by atoms with van der Waals surface area (Å²) in [5.74, 6) is 0.538. The lowest BCUT2D eigenvalue weighted by Gasteiger charge is -2.35. The predicted octanol–water partition coefficient (Wildman–Crippen LogP) is 2.17. The van der Waals surface area contributed by atoms with E-state index in [-0.39, 0.29) is 22.8 Å². The van der Waals surface area contributed by atoms with Crippen LogP contribution >= 0.6 is 0 Å². The van der Waals surface area contributed by atoms with Crippen LogP contribution in [0.5, 0.6) is 0 Å². The van der Waals surface area contributed by atoms with E-state index in [4.69, 9.17) is 4.98 Å². The highest BCUT2D eigenvalue weighted by molar-refractivity contribution is 6.05. The van der Waals surface area contributed by atoms with Crippen LogP contribution in [-0.2, 0) is 4.79 Å². The number of nitrogens with one attached hydrogen (secondary N) is 1. The number of imidazole rings is 1. The number of fused-ring (bicyclic) bond motifs is 5. The molecule has 2 saturated heterocycles. The number of aromatic amines is 1. The fraction of sp³-hybridized carbons (Fsp3) is 0.429. The standard InChI is InChI=1S/C28H33N7O3/c1-19(36)33-15-17-34(18-16-33)23-10-9-20-25(37)24(28(38)31(2)13-14-32-11-5-6-12-32)27-29-21-7-3-4-8-22(21)35(27)26(20)30-23/h3-4,7-10,29H,5-6,11-18H2,1-2H3. The molecule has 10 heteroatoms. The zero-order valence-corrected chi connectivity index (χ0v) is 21.9. The SMILES string of the molecule is CC(=O)N1CCN(c2ccc3c(=O)c(C(=O)N(C)CCN4CCCC4)c4[nH]c5ccccc5n4c3n2)CC1. The summed E-state index contributed by atoms with van der Waals surface area (Å²) in [5.41, 5.74) is 2.49. The van der Waals surface area contributed by atoms with Crippen molar-refractivity contribution in [1.82, 2.24) is 29.1 Å². The average Bonchev–Trinajstić information content (AvgIpc) is 3.59. The maximum Gasteiger partial charge on any atom is 0.261 e. The minimum atomic E-state index is -0.315. The maximum absolute atomic E-state index is 13.8. The number of carbonyl (C=O) groups is 2. The van der Waals surface area contributed by atoms with E-state index in [1.807, 2.05) is 39.6 Å². The highest BCUT2D eigenvalue weighted by atomic mass is 16.2. The van der Waals surface area contributed by atoms with E-state index in [9.17, 15) is 14.4 Å². The fourth-order valence-electron chi connectivity index (χ4n) is 5.72. The second-order valence-corrected chi connectivity index (χ2v) is 10.3. The summed E-state index contributed by atoms with van der Waals surface area (Å²) in [6.07, 6.45) is 2.39. The van der Waals surface area contributed by atoms with E-state index < -0.39 is 0 Å². The summed E-state index contributed by atoms with van der Waals surface area (Å²) in [6.45, 7) is 7.68. The van der Waals surface area contributed by atoms with Gasteiger partial charge in [0.15, 0.2) is 5.65 Å². The third kappa shape index (κ3) is 4.18. The topological polar surface area (TPSA) is 97.3 Å². The number of likely N-dealkylation sites (tertiary alicyclic amines) is 1. The molecule has 1 N–H and O–H groups in total. The van der Waals surface area contributed by atoms with Gasteiger partial charge in [0.1, 0.15) is 17.0 Å². The number of para-hydroxylation sites is 2. The Labute approximate surface area is 220 Å². The summed E-state index contributed by atoms with van der Waals surface area (Å²) in [7, 11) is 1.77. The Kier molecular flexibility index (Phi) is 6.27. The molecule has 0 unspecified atom stereocenters. The molecule has 38 heavy (non-hydrogen) atoms. The van der Waals surface area contributed by atoms with Gasteiger partial charge in [-0.05, 0) is 50.2 Å². The Bertz CT molecular complexity index is 1590. The van der Waals surface area contributed by atoms with Crippen molar-refractivity contribution in [2.75, 3.05) is 64.3 Å². The van der Waals surface area contributed by atoms with Crippen LogP contribution in [0.3, 0.4) is 0 Å². The van der Waals surface area contributed by atoms with Crippen LogP contribution in [0.2, 0.25) is 0 Å². The lowest BCUT2D eigenvalue weighted by atomic mass is 10.1. The van der Waals surface area contributed by atoms with E-state index in [0.717, 1.165) is 36.5 Å². The third-order valence-electron chi connectivity index (χ3n) is 7.96. The van der Waals surface area contributed by atoms with Crippen molar-refractivity contribution in [3.63, 3.8) is 0 Å². The number of aromatic nitrogens is 3. The normalized spacial score (nSPS) is 16.7. The van der Waals surface area contributed by atoms with Crippen molar-refractivity contribution in [2.24, 2.45) is 0 Å². The number of H-pyrrole nitrogens is 1. The molecule has 0 aliphatic carbocycles. The molecule has 5 heterocycles. The van der Waals surface area contributed by atoms with E-state index in [2.05, 4.69) is 14.8 Å². The number of benzene rings is 1. The summed E-state index contributed by atoms with van der Waals surface area (Å²) >= 11 is 0. The Morgan fingerprint density at radius 3 is 2.47 bits per heavy atom. The Balaban J connectivity index is 1.44. The van der Waals surface area contributed by atoms with Crippen LogP contribution in [0.4, 0.5) is 5.82 Å². The number of piperazine rings is 1. The Morgan fingerprint density at radius 2 is 1.74 bits per heavy atom. The second-order valence-electron chi connectivity index (χ2n) is 10.3. The highest BCUT2D eigenvalue weighted by Crippen LogP contribution is 2.25. The third-order valence-corrected chi connectivity index (χ3v) is 7.96. The van der Waals surface area contributed by atoms with Gasteiger partial charge in [0, 0.05) is 53.2 Å². The van der Waals surface area contributed by atoms with Gasteiger partial charge in [0.25, 0.3) is 5.91 Å². The molecule has 0 radical (unpaired) electrons. The summed E-state index contributed by atoms with van der Waals surface area (Å²) < 4.78 is 1.91.